The highest BCUT2D eigenvalue weighted by atomic mass is 79.9. The molecule has 1 heterocycles. The van der Waals surface area contributed by atoms with Gasteiger partial charge in [0.15, 0.2) is 4.90 Å². The number of sulfonamides is 1. The number of hydrogen-bond acceptors (Lipinski definition) is 5. The second kappa shape index (κ2) is 6.33. The van der Waals surface area contributed by atoms with Gasteiger partial charge in [-0.1, -0.05) is 15.9 Å². The van der Waals surface area contributed by atoms with Crippen molar-refractivity contribution < 1.29 is 13.3 Å². The van der Waals surface area contributed by atoms with Gasteiger partial charge in [0.25, 0.3) is 5.69 Å². The quantitative estimate of drug-likeness (QED) is 0.609. The van der Waals surface area contributed by atoms with Crippen LogP contribution in [0.2, 0.25) is 0 Å². The first kappa shape index (κ1) is 15.6. The van der Waals surface area contributed by atoms with Gasteiger partial charge in [0.05, 0.1) is 11.5 Å². The lowest BCUT2D eigenvalue weighted by Crippen LogP contribution is -2.28. The van der Waals surface area contributed by atoms with Crippen molar-refractivity contribution in [2.75, 3.05) is 6.54 Å². The van der Waals surface area contributed by atoms with Crippen molar-refractivity contribution in [2.45, 2.75) is 11.4 Å². The first-order valence-corrected chi connectivity index (χ1v) is 8.09. The fourth-order valence-electron chi connectivity index (χ4n) is 1.66. The molecule has 0 atom stereocenters. The van der Waals surface area contributed by atoms with Gasteiger partial charge in [0.1, 0.15) is 0 Å². The highest BCUT2D eigenvalue weighted by Gasteiger charge is 2.25. The van der Waals surface area contributed by atoms with Gasteiger partial charge < -0.3 is 0 Å². The Hall–Kier alpha value is -1.78. The number of benzene rings is 1. The van der Waals surface area contributed by atoms with Crippen molar-refractivity contribution >= 4 is 31.6 Å². The van der Waals surface area contributed by atoms with E-state index in [1.807, 2.05) is 0 Å². The number of aromatic nitrogens is 2. The SMILES string of the molecule is O=[N+]([O-])c1ccc(Br)cc1S(=O)(=O)NCCn1cccn1. The van der Waals surface area contributed by atoms with E-state index in [0.29, 0.717) is 11.0 Å². The lowest BCUT2D eigenvalue weighted by atomic mass is 10.3. The molecule has 8 nitrogen and oxygen atoms in total. The Morgan fingerprint density at radius 1 is 1.43 bits per heavy atom. The third-order valence-corrected chi connectivity index (χ3v) is 4.58. The highest BCUT2D eigenvalue weighted by Crippen LogP contribution is 2.26. The number of nitro benzene ring substituents is 1. The van der Waals surface area contributed by atoms with Gasteiger partial charge in [-0.2, -0.15) is 5.10 Å². The van der Waals surface area contributed by atoms with E-state index in [-0.39, 0.29) is 11.4 Å². The van der Waals surface area contributed by atoms with Crippen molar-refractivity contribution in [1.82, 2.24) is 14.5 Å². The van der Waals surface area contributed by atoms with Crippen LogP contribution in [0.1, 0.15) is 0 Å². The zero-order valence-electron chi connectivity index (χ0n) is 10.6. The Labute approximate surface area is 129 Å². The summed E-state index contributed by atoms with van der Waals surface area (Å²) in [5, 5.41) is 14.9. The maximum Gasteiger partial charge on any atom is 0.289 e. The van der Waals surface area contributed by atoms with E-state index < -0.39 is 20.6 Å². The standard InChI is InChI=1S/C11H11BrN4O4S/c12-9-2-3-10(16(17)18)11(8-9)21(19,20)14-5-7-15-6-1-4-13-15/h1-4,6,8,14H,5,7H2. The lowest BCUT2D eigenvalue weighted by molar-refractivity contribution is -0.387. The number of halogens is 1. The van der Waals surface area contributed by atoms with E-state index in [0.717, 1.165) is 6.07 Å². The van der Waals surface area contributed by atoms with Crippen LogP contribution in [0, 0.1) is 10.1 Å². The largest absolute Gasteiger partial charge is 0.289 e. The summed E-state index contributed by atoms with van der Waals surface area (Å²) in [5.74, 6) is 0. The minimum Gasteiger partial charge on any atom is -0.271 e. The van der Waals surface area contributed by atoms with Crippen molar-refractivity contribution in [3.8, 4) is 0 Å². The maximum absolute atomic E-state index is 12.2. The maximum atomic E-state index is 12.2. The molecule has 0 spiro atoms. The van der Waals surface area contributed by atoms with Crippen molar-refractivity contribution in [1.29, 1.82) is 0 Å². The highest BCUT2D eigenvalue weighted by molar-refractivity contribution is 9.10. The minimum atomic E-state index is -3.97. The third-order valence-electron chi connectivity index (χ3n) is 2.60. The average Bonchev–Trinajstić information content (AvgIpc) is 2.91. The smallest absolute Gasteiger partial charge is 0.271 e. The number of nitrogens with zero attached hydrogens (tertiary/aromatic N) is 3. The van der Waals surface area contributed by atoms with Crippen LogP contribution in [-0.4, -0.2) is 29.7 Å². The zero-order valence-corrected chi connectivity index (χ0v) is 13.0. The predicted octanol–water partition coefficient (Wildman–Crippen LogP) is 1.53. The summed E-state index contributed by atoms with van der Waals surface area (Å²) >= 11 is 3.11. The monoisotopic (exact) mass is 374 g/mol. The second-order valence-corrected chi connectivity index (χ2v) is 6.69. The first-order valence-electron chi connectivity index (χ1n) is 5.81. The molecule has 0 unspecified atom stereocenters. The van der Waals surface area contributed by atoms with Crippen LogP contribution in [0.3, 0.4) is 0 Å². The summed E-state index contributed by atoms with van der Waals surface area (Å²) in [6.45, 7) is 0.404. The molecule has 2 aromatic rings. The topological polar surface area (TPSA) is 107 Å². The van der Waals surface area contributed by atoms with Crippen LogP contribution in [0.15, 0.2) is 46.0 Å². The van der Waals surface area contributed by atoms with Crippen LogP contribution in [0.25, 0.3) is 0 Å². The molecule has 2 rings (SSSR count). The molecule has 0 aliphatic carbocycles. The van der Waals surface area contributed by atoms with Crippen LogP contribution in [0.5, 0.6) is 0 Å². The molecule has 21 heavy (non-hydrogen) atoms. The lowest BCUT2D eigenvalue weighted by Gasteiger charge is -2.08. The van der Waals surface area contributed by atoms with Crippen LogP contribution in [0.4, 0.5) is 5.69 Å². The summed E-state index contributed by atoms with van der Waals surface area (Å²) < 4.78 is 28.7. The molecule has 1 aromatic carbocycles. The van der Waals surface area contributed by atoms with Gasteiger partial charge >= 0.3 is 0 Å². The van der Waals surface area contributed by atoms with Crippen molar-refractivity contribution in [2.24, 2.45) is 0 Å². The van der Waals surface area contributed by atoms with Gasteiger partial charge in [-0.25, -0.2) is 13.1 Å². The number of hydrogen-bond donors (Lipinski definition) is 1. The Morgan fingerprint density at radius 3 is 2.81 bits per heavy atom. The predicted molar refractivity (Wildman–Crippen MR) is 78.2 cm³/mol. The number of nitrogens with one attached hydrogen (secondary N) is 1. The molecule has 1 aromatic heterocycles. The van der Waals surface area contributed by atoms with E-state index in [2.05, 4.69) is 25.8 Å². The molecule has 0 aliphatic heterocycles. The average molecular weight is 375 g/mol. The Kier molecular flexibility index (Phi) is 4.70. The Balaban J connectivity index is 2.19. The van der Waals surface area contributed by atoms with Gasteiger partial charge in [-0.15, -0.1) is 0 Å². The van der Waals surface area contributed by atoms with Crippen molar-refractivity contribution in [3.63, 3.8) is 0 Å². The van der Waals surface area contributed by atoms with E-state index in [9.17, 15) is 18.5 Å². The molecule has 0 radical (unpaired) electrons. The summed E-state index contributed by atoms with van der Waals surface area (Å²) in [5.41, 5.74) is -0.468. The fourth-order valence-corrected chi connectivity index (χ4v) is 3.39. The molecule has 1 N–H and O–H groups in total. The van der Waals surface area contributed by atoms with E-state index in [1.54, 1.807) is 23.1 Å². The van der Waals surface area contributed by atoms with Crippen LogP contribution >= 0.6 is 15.9 Å². The van der Waals surface area contributed by atoms with E-state index in [4.69, 9.17) is 0 Å². The fraction of sp³-hybridized carbons (Fsp3) is 0.182. The molecule has 0 amide bonds. The van der Waals surface area contributed by atoms with Crippen molar-refractivity contribution in [3.05, 3.63) is 51.2 Å². The molecule has 0 aliphatic rings. The molecular formula is C11H11BrN4O4S. The summed E-state index contributed by atoms with van der Waals surface area (Å²) in [7, 11) is -3.97. The zero-order chi connectivity index (χ0) is 15.5. The van der Waals surface area contributed by atoms with Crippen LogP contribution < -0.4 is 4.72 Å². The number of nitro groups is 1. The summed E-state index contributed by atoms with van der Waals surface area (Å²) in [4.78, 5) is 9.82. The molecule has 0 saturated carbocycles. The van der Waals surface area contributed by atoms with Gasteiger partial charge in [-0.05, 0) is 18.2 Å². The van der Waals surface area contributed by atoms with Gasteiger partial charge in [-0.3, -0.25) is 14.8 Å². The first-order chi connectivity index (χ1) is 9.90. The minimum absolute atomic E-state index is 0.0771. The molecule has 10 heteroatoms. The van der Waals surface area contributed by atoms with E-state index >= 15 is 0 Å². The molecule has 0 bridgehead atoms. The van der Waals surface area contributed by atoms with Gasteiger partial charge in [0.2, 0.25) is 10.0 Å². The van der Waals surface area contributed by atoms with Crippen LogP contribution in [-0.2, 0) is 16.6 Å². The summed E-state index contributed by atoms with van der Waals surface area (Å²) in [6, 6.07) is 5.48. The number of rotatable bonds is 6. The van der Waals surface area contributed by atoms with E-state index in [1.165, 1.54) is 12.1 Å². The molecule has 0 saturated heterocycles. The third kappa shape index (κ3) is 3.86. The molecular weight excluding hydrogens is 364 g/mol. The van der Waals surface area contributed by atoms with Gasteiger partial charge in [0, 0.05) is 29.5 Å². The normalized spacial score (nSPS) is 11.5. The molecule has 112 valence electrons. The Morgan fingerprint density at radius 2 is 2.19 bits per heavy atom. The second-order valence-electron chi connectivity index (χ2n) is 4.04. The Bertz CT molecular complexity index is 746. The molecule has 0 fully saturated rings. The summed E-state index contributed by atoms with van der Waals surface area (Å²) in [6.07, 6.45) is 3.27.